The fourth-order valence-electron chi connectivity index (χ4n) is 3.65. The topological polar surface area (TPSA) is 56.4 Å². The van der Waals surface area contributed by atoms with Crippen LogP contribution in [0, 0.1) is 13.8 Å². The van der Waals surface area contributed by atoms with Crippen molar-refractivity contribution in [3.8, 4) is 0 Å². The molecule has 5 nitrogen and oxygen atoms in total. The predicted octanol–water partition coefficient (Wildman–Crippen LogP) is 3.45. The first-order valence-corrected chi connectivity index (χ1v) is 9.20. The Labute approximate surface area is 158 Å². The molecule has 2 heterocycles. The number of H-pyrrole nitrogens is 1. The number of carbonyl (C=O) groups is 2. The Hall–Kier alpha value is -2.11. The molecule has 1 aliphatic heterocycles. The van der Waals surface area contributed by atoms with Crippen molar-refractivity contribution in [3.63, 3.8) is 0 Å². The maximum atomic E-state index is 12.9. The van der Waals surface area contributed by atoms with E-state index in [1.54, 1.807) is 0 Å². The van der Waals surface area contributed by atoms with Gasteiger partial charge in [0.05, 0.1) is 0 Å². The third-order valence-electron chi connectivity index (χ3n) is 4.96. The van der Waals surface area contributed by atoms with Crippen LogP contribution in [0.3, 0.4) is 0 Å². The highest BCUT2D eigenvalue weighted by molar-refractivity contribution is 6.30. The third kappa shape index (κ3) is 3.84. The largest absolute Gasteiger partial charge is 0.354 e. The first-order valence-electron chi connectivity index (χ1n) is 8.83. The number of amides is 1. The number of nitrogens with zero attached hydrogens (tertiary/aromatic N) is 2. The molecule has 26 heavy (non-hydrogen) atoms. The summed E-state index contributed by atoms with van der Waals surface area (Å²) in [5.74, 6) is -0.0397. The van der Waals surface area contributed by atoms with Gasteiger partial charge in [-0.1, -0.05) is 23.7 Å². The van der Waals surface area contributed by atoms with Crippen LogP contribution in [0.25, 0.3) is 0 Å². The van der Waals surface area contributed by atoms with E-state index in [1.165, 1.54) is 12.5 Å². The summed E-state index contributed by atoms with van der Waals surface area (Å²) < 4.78 is 0. The number of aromatic amines is 1. The number of hydrogen-bond donors (Lipinski definition) is 1. The van der Waals surface area contributed by atoms with Crippen molar-refractivity contribution < 1.29 is 9.59 Å². The number of rotatable bonds is 4. The lowest BCUT2D eigenvalue weighted by Gasteiger charge is -2.34. The van der Waals surface area contributed by atoms with Crippen LogP contribution in [0.1, 0.15) is 44.6 Å². The maximum absolute atomic E-state index is 12.9. The SMILES string of the molecule is CC(=O)c1c(C)[nH]c(C(=O)N2CCN(Cc3cccc(Cl)c3)CC2)c1C. The van der Waals surface area contributed by atoms with Crippen molar-refractivity contribution in [2.75, 3.05) is 26.2 Å². The summed E-state index contributed by atoms with van der Waals surface area (Å²) in [5.41, 5.74) is 3.86. The third-order valence-corrected chi connectivity index (χ3v) is 5.19. The van der Waals surface area contributed by atoms with Crippen LogP contribution in [0.15, 0.2) is 24.3 Å². The van der Waals surface area contributed by atoms with E-state index in [1.807, 2.05) is 36.9 Å². The van der Waals surface area contributed by atoms with E-state index in [-0.39, 0.29) is 11.7 Å². The number of nitrogens with one attached hydrogen (secondary N) is 1. The van der Waals surface area contributed by atoms with Gasteiger partial charge in [-0.05, 0) is 44.0 Å². The van der Waals surface area contributed by atoms with Crippen LogP contribution < -0.4 is 0 Å². The second-order valence-electron chi connectivity index (χ2n) is 6.88. The normalized spacial score (nSPS) is 15.3. The lowest BCUT2D eigenvalue weighted by molar-refractivity contribution is 0.0622. The van der Waals surface area contributed by atoms with Gasteiger partial charge in [0.25, 0.3) is 5.91 Å². The van der Waals surface area contributed by atoms with Crippen LogP contribution in [0.4, 0.5) is 0 Å². The zero-order chi connectivity index (χ0) is 18.8. The van der Waals surface area contributed by atoms with Crippen LogP contribution in [-0.2, 0) is 6.54 Å². The molecule has 2 aromatic rings. The Balaban J connectivity index is 1.64. The average molecular weight is 374 g/mol. The van der Waals surface area contributed by atoms with Gasteiger partial charge in [-0.15, -0.1) is 0 Å². The minimum Gasteiger partial charge on any atom is -0.354 e. The minimum absolute atomic E-state index is 0.0124. The average Bonchev–Trinajstić information content (AvgIpc) is 2.89. The van der Waals surface area contributed by atoms with Crippen molar-refractivity contribution in [1.29, 1.82) is 0 Å². The Bertz CT molecular complexity index is 836. The highest BCUT2D eigenvalue weighted by Crippen LogP contribution is 2.21. The fraction of sp³-hybridized carbons (Fsp3) is 0.400. The Morgan fingerprint density at radius 2 is 1.85 bits per heavy atom. The molecule has 1 amide bonds. The standard InChI is InChI=1S/C20H24ClN3O2/c1-13-18(15(3)25)14(2)22-19(13)20(26)24-9-7-23(8-10-24)12-16-5-4-6-17(21)11-16/h4-6,11,22H,7-10,12H2,1-3H3. The molecule has 6 heteroatoms. The molecule has 3 rings (SSSR count). The number of benzene rings is 1. The Morgan fingerprint density at radius 3 is 2.42 bits per heavy atom. The molecule has 1 aromatic heterocycles. The van der Waals surface area contributed by atoms with E-state index in [4.69, 9.17) is 11.6 Å². The Kier molecular flexibility index (Phi) is 5.49. The number of aryl methyl sites for hydroxylation is 1. The van der Waals surface area contributed by atoms with Crippen LogP contribution >= 0.6 is 11.6 Å². The van der Waals surface area contributed by atoms with E-state index in [9.17, 15) is 9.59 Å². The first kappa shape index (κ1) is 18.7. The quantitative estimate of drug-likeness (QED) is 0.835. The predicted molar refractivity (Wildman–Crippen MR) is 103 cm³/mol. The van der Waals surface area contributed by atoms with Gasteiger partial charge in [-0.2, -0.15) is 0 Å². The number of aromatic nitrogens is 1. The molecule has 0 unspecified atom stereocenters. The zero-order valence-electron chi connectivity index (χ0n) is 15.4. The van der Waals surface area contributed by atoms with E-state index in [2.05, 4.69) is 16.0 Å². The molecule has 0 aliphatic carbocycles. The number of piperazine rings is 1. The number of halogens is 1. The molecule has 1 aliphatic rings. The molecule has 1 N–H and O–H groups in total. The maximum Gasteiger partial charge on any atom is 0.270 e. The molecule has 0 radical (unpaired) electrons. The summed E-state index contributed by atoms with van der Waals surface area (Å²) >= 11 is 6.05. The molecule has 0 bridgehead atoms. The van der Waals surface area contributed by atoms with Crippen LogP contribution in [0.2, 0.25) is 5.02 Å². The van der Waals surface area contributed by atoms with E-state index < -0.39 is 0 Å². The zero-order valence-corrected chi connectivity index (χ0v) is 16.2. The van der Waals surface area contributed by atoms with Crippen molar-refractivity contribution in [2.24, 2.45) is 0 Å². The van der Waals surface area contributed by atoms with E-state index in [0.717, 1.165) is 35.9 Å². The van der Waals surface area contributed by atoms with Gasteiger partial charge in [0.2, 0.25) is 0 Å². The molecular formula is C20H24ClN3O2. The summed E-state index contributed by atoms with van der Waals surface area (Å²) in [6.07, 6.45) is 0. The molecule has 0 saturated carbocycles. The van der Waals surface area contributed by atoms with E-state index >= 15 is 0 Å². The van der Waals surface area contributed by atoms with Gasteiger partial charge < -0.3 is 9.88 Å². The van der Waals surface area contributed by atoms with Crippen molar-refractivity contribution >= 4 is 23.3 Å². The molecule has 1 saturated heterocycles. The van der Waals surface area contributed by atoms with Crippen molar-refractivity contribution in [3.05, 3.63) is 57.4 Å². The highest BCUT2D eigenvalue weighted by atomic mass is 35.5. The monoisotopic (exact) mass is 373 g/mol. The molecule has 1 aromatic carbocycles. The summed E-state index contributed by atoms with van der Waals surface area (Å²) in [5, 5.41) is 0.746. The summed E-state index contributed by atoms with van der Waals surface area (Å²) in [4.78, 5) is 31.9. The van der Waals surface area contributed by atoms with Gasteiger partial charge in [-0.3, -0.25) is 14.5 Å². The second-order valence-corrected chi connectivity index (χ2v) is 7.32. The number of Topliss-reactive ketones (excluding diaryl/α,β-unsaturated/α-hetero) is 1. The summed E-state index contributed by atoms with van der Waals surface area (Å²) in [6, 6.07) is 7.88. The number of carbonyl (C=O) groups excluding carboxylic acids is 2. The van der Waals surface area contributed by atoms with Gasteiger partial charge in [-0.25, -0.2) is 0 Å². The van der Waals surface area contributed by atoms with Gasteiger partial charge in [0.1, 0.15) is 5.69 Å². The first-order chi connectivity index (χ1) is 12.4. The molecule has 0 atom stereocenters. The molecule has 1 fully saturated rings. The molecule has 138 valence electrons. The summed E-state index contributed by atoms with van der Waals surface area (Å²) in [7, 11) is 0. The van der Waals surface area contributed by atoms with Gasteiger partial charge in [0.15, 0.2) is 5.78 Å². The van der Waals surface area contributed by atoms with Gasteiger partial charge in [0, 0.05) is 49.0 Å². The highest BCUT2D eigenvalue weighted by Gasteiger charge is 2.26. The van der Waals surface area contributed by atoms with Crippen LogP contribution in [0.5, 0.6) is 0 Å². The fourth-order valence-corrected chi connectivity index (χ4v) is 3.87. The van der Waals surface area contributed by atoms with E-state index in [0.29, 0.717) is 24.3 Å². The lowest BCUT2D eigenvalue weighted by Crippen LogP contribution is -2.48. The smallest absolute Gasteiger partial charge is 0.270 e. The molecule has 0 spiro atoms. The van der Waals surface area contributed by atoms with Crippen LogP contribution in [-0.4, -0.2) is 52.7 Å². The lowest BCUT2D eigenvalue weighted by atomic mass is 10.1. The number of hydrogen-bond acceptors (Lipinski definition) is 3. The molecular weight excluding hydrogens is 350 g/mol. The van der Waals surface area contributed by atoms with Crippen molar-refractivity contribution in [2.45, 2.75) is 27.3 Å². The Morgan fingerprint density at radius 1 is 1.15 bits per heavy atom. The number of ketones is 1. The second kappa shape index (κ2) is 7.64. The minimum atomic E-state index is -0.0273. The van der Waals surface area contributed by atoms with Gasteiger partial charge >= 0.3 is 0 Å². The van der Waals surface area contributed by atoms with Crippen molar-refractivity contribution in [1.82, 2.24) is 14.8 Å². The summed E-state index contributed by atoms with van der Waals surface area (Å²) in [6.45, 7) is 9.02.